The number of ether oxygens (including phenoxy) is 1. The van der Waals surface area contributed by atoms with Gasteiger partial charge in [-0.25, -0.2) is 4.79 Å². The molecule has 100 valence electrons. The summed E-state index contributed by atoms with van der Waals surface area (Å²) in [6.45, 7) is 3.78. The van der Waals surface area contributed by atoms with E-state index in [1.54, 1.807) is 0 Å². The van der Waals surface area contributed by atoms with Crippen molar-refractivity contribution in [3.05, 3.63) is 54.4 Å². The molecule has 0 aromatic heterocycles. The van der Waals surface area contributed by atoms with Gasteiger partial charge >= 0.3 is 5.97 Å². The quantitative estimate of drug-likeness (QED) is 0.276. The fourth-order valence-corrected chi connectivity index (χ4v) is 1.45. The van der Waals surface area contributed by atoms with E-state index in [-0.39, 0.29) is 11.5 Å². The zero-order valence-electron chi connectivity index (χ0n) is 10.5. The third-order valence-electron chi connectivity index (χ3n) is 2.15. The molecule has 1 unspecified atom stereocenters. The van der Waals surface area contributed by atoms with E-state index in [1.165, 1.54) is 13.2 Å². The van der Waals surface area contributed by atoms with Crippen LogP contribution in [-0.4, -0.2) is 18.8 Å². The van der Waals surface area contributed by atoms with Crippen molar-refractivity contribution in [1.29, 1.82) is 5.41 Å². The highest BCUT2D eigenvalue weighted by Crippen LogP contribution is 2.13. The number of allylic oxidation sites excluding steroid dienone is 1. The summed E-state index contributed by atoms with van der Waals surface area (Å²) < 4.78 is 9.35. The van der Waals surface area contributed by atoms with Crippen LogP contribution in [0, 0.1) is 5.41 Å². The summed E-state index contributed by atoms with van der Waals surface area (Å²) in [5.41, 5.74) is 0.947. The van der Waals surface area contributed by atoms with Gasteiger partial charge in [-0.3, -0.25) is 5.41 Å². The van der Waals surface area contributed by atoms with E-state index in [0.717, 1.165) is 5.69 Å². The number of para-hydroxylation sites is 1. The number of benzene rings is 1. The lowest BCUT2D eigenvalue weighted by Gasteiger charge is -2.09. The maximum Gasteiger partial charge on any atom is 0.359 e. The van der Waals surface area contributed by atoms with E-state index in [4.69, 9.17) is 9.93 Å². The molecule has 0 saturated heterocycles. The third-order valence-corrected chi connectivity index (χ3v) is 2.40. The minimum absolute atomic E-state index is 0.0466. The van der Waals surface area contributed by atoms with Gasteiger partial charge in [0.15, 0.2) is 11.5 Å². The molecule has 19 heavy (non-hydrogen) atoms. The van der Waals surface area contributed by atoms with Gasteiger partial charge in [0.2, 0.25) is 0 Å². The smallest absolute Gasteiger partial charge is 0.359 e. The van der Waals surface area contributed by atoms with E-state index in [1.807, 2.05) is 39.8 Å². The first-order chi connectivity index (χ1) is 9.08. The maximum absolute atomic E-state index is 11.2. The van der Waals surface area contributed by atoms with Gasteiger partial charge in [0.05, 0.1) is 16.6 Å². The lowest BCUT2D eigenvalue weighted by Crippen LogP contribution is -2.17. The Kier molecular flexibility index (Phi) is 5.76. The SMILES string of the molecule is C=C(/C=C(/OP)C(=N)C(=O)OC)Nc1ccccc1. The number of anilines is 1. The van der Waals surface area contributed by atoms with Crippen LogP contribution in [0.25, 0.3) is 0 Å². The Bertz CT molecular complexity index is 512. The van der Waals surface area contributed by atoms with Crippen molar-refractivity contribution in [2.24, 2.45) is 0 Å². The van der Waals surface area contributed by atoms with Gasteiger partial charge < -0.3 is 14.6 Å². The second kappa shape index (κ2) is 7.34. The van der Waals surface area contributed by atoms with Crippen LogP contribution in [-0.2, 0) is 14.1 Å². The topological polar surface area (TPSA) is 71.4 Å². The Balaban J connectivity index is 2.78. The summed E-state index contributed by atoms with van der Waals surface area (Å²) in [6.07, 6.45) is 1.44. The van der Waals surface area contributed by atoms with Gasteiger partial charge in [0.1, 0.15) is 0 Å². The number of hydrogen-bond acceptors (Lipinski definition) is 5. The van der Waals surface area contributed by atoms with Crippen molar-refractivity contribution < 1.29 is 14.1 Å². The summed E-state index contributed by atoms with van der Waals surface area (Å²) in [5, 5.41) is 10.6. The highest BCUT2D eigenvalue weighted by molar-refractivity contribution is 7.10. The molecule has 0 aliphatic rings. The van der Waals surface area contributed by atoms with Gasteiger partial charge in [-0.2, -0.15) is 0 Å². The van der Waals surface area contributed by atoms with Gasteiger partial charge in [0.25, 0.3) is 0 Å². The maximum atomic E-state index is 11.2. The number of methoxy groups -OCH3 is 1. The van der Waals surface area contributed by atoms with Crippen molar-refractivity contribution in [3.8, 4) is 0 Å². The van der Waals surface area contributed by atoms with Crippen LogP contribution in [0.15, 0.2) is 54.4 Å². The van der Waals surface area contributed by atoms with E-state index >= 15 is 0 Å². The summed E-state index contributed by atoms with van der Waals surface area (Å²) in [5.74, 6) is -0.730. The first-order valence-corrected chi connectivity index (χ1v) is 5.82. The minimum Gasteiger partial charge on any atom is -0.478 e. The second-order valence-corrected chi connectivity index (χ2v) is 3.74. The van der Waals surface area contributed by atoms with Gasteiger partial charge in [0, 0.05) is 17.5 Å². The average Bonchev–Trinajstić information content (AvgIpc) is 2.44. The Morgan fingerprint density at radius 1 is 1.42 bits per heavy atom. The molecule has 0 fully saturated rings. The molecule has 0 spiro atoms. The first kappa shape index (κ1) is 14.9. The standard InChI is InChI=1S/C13H15N2O3P/c1-9(15-10-6-4-3-5-7-10)8-11(18-19)12(14)13(16)17-2/h3-8,14-15H,1,19H2,2H3/b11-8+,14-12?. The molecule has 0 saturated carbocycles. The molecule has 6 heteroatoms. The molecule has 2 N–H and O–H groups in total. The van der Waals surface area contributed by atoms with Crippen LogP contribution in [0.1, 0.15) is 0 Å². The van der Waals surface area contributed by atoms with Gasteiger partial charge in [-0.15, -0.1) is 0 Å². The van der Waals surface area contributed by atoms with Crippen LogP contribution in [0.2, 0.25) is 0 Å². The molecule has 5 nitrogen and oxygen atoms in total. The molecule has 1 atom stereocenters. The Hall–Kier alpha value is -2.13. The molecule has 1 aromatic carbocycles. The molecule has 1 rings (SSSR count). The van der Waals surface area contributed by atoms with Crippen molar-refractivity contribution in [2.75, 3.05) is 12.4 Å². The largest absolute Gasteiger partial charge is 0.478 e. The number of carbonyl (C=O) groups excluding carboxylic acids is 1. The Morgan fingerprint density at radius 2 is 2.05 bits per heavy atom. The second-order valence-electron chi connectivity index (χ2n) is 3.51. The third kappa shape index (κ3) is 4.56. The van der Waals surface area contributed by atoms with Crippen molar-refractivity contribution in [3.63, 3.8) is 0 Å². The van der Waals surface area contributed by atoms with Crippen molar-refractivity contribution in [2.45, 2.75) is 0 Å². The van der Waals surface area contributed by atoms with Crippen LogP contribution >= 0.6 is 9.47 Å². The van der Waals surface area contributed by atoms with Crippen LogP contribution in [0.4, 0.5) is 5.69 Å². The van der Waals surface area contributed by atoms with E-state index in [2.05, 4.69) is 16.6 Å². The molecule has 0 radical (unpaired) electrons. The molecule has 0 heterocycles. The normalized spacial score (nSPS) is 10.5. The minimum atomic E-state index is -0.777. The summed E-state index contributed by atoms with van der Waals surface area (Å²) in [7, 11) is 3.18. The lowest BCUT2D eigenvalue weighted by molar-refractivity contribution is -0.132. The molecular weight excluding hydrogens is 263 g/mol. The van der Waals surface area contributed by atoms with Crippen LogP contribution in [0.5, 0.6) is 0 Å². The van der Waals surface area contributed by atoms with E-state index in [9.17, 15) is 4.79 Å². The summed E-state index contributed by atoms with van der Waals surface area (Å²) >= 11 is 0. The number of esters is 1. The zero-order chi connectivity index (χ0) is 14.3. The lowest BCUT2D eigenvalue weighted by atomic mass is 10.2. The predicted molar refractivity (Wildman–Crippen MR) is 77.8 cm³/mol. The van der Waals surface area contributed by atoms with Crippen LogP contribution in [0.3, 0.4) is 0 Å². The Morgan fingerprint density at radius 3 is 2.58 bits per heavy atom. The monoisotopic (exact) mass is 278 g/mol. The number of nitrogens with one attached hydrogen (secondary N) is 2. The zero-order valence-corrected chi connectivity index (χ0v) is 11.6. The molecule has 0 aliphatic carbocycles. The Labute approximate surface area is 114 Å². The molecule has 0 aliphatic heterocycles. The van der Waals surface area contributed by atoms with Gasteiger partial charge in [-0.05, 0) is 12.1 Å². The summed E-state index contributed by atoms with van der Waals surface area (Å²) in [4.78, 5) is 11.2. The van der Waals surface area contributed by atoms with Gasteiger partial charge in [-0.1, -0.05) is 24.8 Å². The van der Waals surface area contributed by atoms with Crippen molar-refractivity contribution >= 4 is 26.8 Å². The molecule has 0 bridgehead atoms. The fraction of sp³-hybridized carbons (Fsp3) is 0.0769. The summed E-state index contributed by atoms with van der Waals surface area (Å²) in [6, 6.07) is 9.39. The first-order valence-electron chi connectivity index (χ1n) is 5.35. The van der Waals surface area contributed by atoms with Crippen LogP contribution < -0.4 is 5.32 Å². The molecule has 1 aromatic rings. The highest BCUT2D eigenvalue weighted by atomic mass is 31.0. The van der Waals surface area contributed by atoms with E-state index < -0.39 is 5.97 Å². The van der Waals surface area contributed by atoms with E-state index in [0.29, 0.717) is 5.70 Å². The molecule has 0 amide bonds. The highest BCUT2D eigenvalue weighted by Gasteiger charge is 2.15. The fourth-order valence-electron chi connectivity index (χ4n) is 1.27. The number of hydrogen-bond donors (Lipinski definition) is 2. The van der Waals surface area contributed by atoms with Crippen molar-refractivity contribution in [1.82, 2.24) is 0 Å². The number of carbonyl (C=O) groups is 1. The number of rotatable bonds is 6. The predicted octanol–water partition coefficient (Wildman–Crippen LogP) is 2.50. The average molecular weight is 278 g/mol. The molecular formula is C13H15N2O3P.